The average Bonchev–Trinajstić information content (AvgIpc) is 2.29. The molecule has 3 heteroatoms. The number of fused-ring (bicyclic) bond motifs is 1. The van der Waals surface area contributed by atoms with Crippen molar-refractivity contribution in [2.75, 3.05) is 0 Å². The van der Waals surface area contributed by atoms with Gasteiger partial charge in [0.15, 0.2) is 0 Å². The molecule has 15 heavy (non-hydrogen) atoms. The Kier molecular flexibility index (Phi) is 2.63. The van der Waals surface area contributed by atoms with Crippen LogP contribution in [0.1, 0.15) is 13.3 Å². The summed E-state index contributed by atoms with van der Waals surface area (Å²) in [6.07, 6.45) is 2.54. The lowest BCUT2D eigenvalue weighted by Gasteiger charge is -2.01. The van der Waals surface area contributed by atoms with Crippen LogP contribution in [0.25, 0.3) is 10.9 Å². The van der Waals surface area contributed by atoms with Crippen LogP contribution in [-0.4, -0.2) is 10.8 Å². The van der Waals surface area contributed by atoms with Crippen LogP contribution in [0, 0.1) is 0 Å². The first-order valence-corrected chi connectivity index (χ1v) is 4.98. The molecule has 0 fully saturated rings. The third-order valence-corrected chi connectivity index (χ3v) is 2.25. The molecule has 0 saturated carbocycles. The molecule has 0 atom stereocenters. The Hall–Kier alpha value is -1.90. The summed E-state index contributed by atoms with van der Waals surface area (Å²) in [5, 5.41) is 1.04. The molecule has 1 heterocycles. The van der Waals surface area contributed by atoms with Gasteiger partial charge in [0.2, 0.25) is 0 Å². The molecule has 0 saturated heterocycles. The summed E-state index contributed by atoms with van der Waals surface area (Å²) >= 11 is 0. The van der Waals surface area contributed by atoms with E-state index in [1.807, 2.05) is 37.3 Å². The summed E-state index contributed by atoms with van der Waals surface area (Å²) in [5.41, 5.74) is 7.56. The second-order valence-corrected chi connectivity index (χ2v) is 3.30. The van der Waals surface area contributed by atoms with Gasteiger partial charge in [-0.15, -0.1) is 0 Å². The highest BCUT2D eigenvalue weighted by Crippen LogP contribution is 2.23. The van der Waals surface area contributed by atoms with Crippen LogP contribution < -0.4 is 5.73 Å². The quantitative estimate of drug-likeness (QED) is 0.597. The van der Waals surface area contributed by atoms with Gasteiger partial charge in [-0.2, -0.15) is 0 Å². The minimum atomic E-state index is 0.645. The molecule has 0 unspecified atom stereocenters. The van der Waals surface area contributed by atoms with Gasteiger partial charge in [-0.1, -0.05) is 13.0 Å². The van der Waals surface area contributed by atoms with E-state index in [1.165, 1.54) is 0 Å². The zero-order valence-corrected chi connectivity index (χ0v) is 8.64. The maximum atomic E-state index is 5.73. The molecule has 0 amide bonds. The zero-order valence-electron chi connectivity index (χ0n) is 8.64. The van der Waals surface area contributed by atoms with Crippen LogP contribution in [0.4, 0.5) is 5.69 Å². The van der Waals surface area contributed by atoms with Crippen molar-refractivity contribution >= 4 is 22.4 Å². The molecule has 76 valence electrons. The molecule has 0 spiro atoms. The number of nitrogens with zero attached hydrogens (tertiary/aromatic N) is 2. The van der Waals surface area contributed by atoms with Crippen LogP contribution in [-0.2, 0) is 0 Å². The standard InChI is InChI=1S/C12H13N3/c1-2-12(13)15-11-7-3-6-10-9(11)5-4-8-14-10/h3-8H,2H2,1H3,(H2,13,15). The van der Waals surface area contributed by atoms with Gasteiger partial charge < -0.3 is 5.73 Å². The highest BCUT2D eigenvalue weighted by atomic mass is 14.9. The van der Waals surface area contributed by atoms with Crippen molar-refractivity contribution in [3.05, 3.63) is 36.5 Å². The fourth-order valence-corrected chi connectivity index (χ4v) is 1.42. The predicted molar refractivity (Wildman–Crippen MR) is 63.3 cm³/mol. The Bertz CT molecular complexity index is 498. The zero-order chi connectivity index (χ0) is 10.7. The van der Waals surface area contributed by atoms with E-state index >= 15 is 0 Å². The molecule has 1 aromatic carbocycles. The molecule has 1 aromatic heterocycles. The Labute approximate surface area is 88.7 Å². The third kappa shape index (κ3) is 1.96. The SMILES string of the molecule is CCC(N)=Nc1cccc2ncccc12. The Morgan fingerprint density at radius 3 is 3.00 bits per heavy atom. The fraction of sp³-hybridized carbons (Fsp3) is 0.167. The first kappa shape index (κ1) is 9.65. The molecule has 0 aliphatic carbocycles. The van der Waals surface area contributed by atoms with Crippen molar-refractivity contribution in [1.82, 2.24) is 4.98 Å². The smallest absolute Gasteiger partial charge is 0.0993 e. The largest absolute Gasteiger partial charge is 0.387 e. The summed E-state index contributed by atoms with van der Waals surface area (Å²) in [4.78, 5) is 8.62. The van der Waals surface area contributed by atoms with Gasteiger partial charge in [0.05, 0.1) is 17.0 Å². The molecule has 0 bridgehead atoms. The predicted octanol–water partition coefficient (Wildman–Crippen LogP) is 2.63. The number of pyridine rings is 1. The molecule has 0 radical (unpaired) electrons. The third-order valence-electron chi connectivity index (χ3n) is 2.25. The van der Waals surface area contributed by atoms with E-state index in [0.29, 0.717) is 5.84 Å². The van der Waals surface area contributed by atoms with Crippen molar-refractivity contribution in [2.45, 2.75) is 13.3 Å². The molecule has 2 rings (SSSR count). The topological polar surface area (TPSA) is 51.3 Å². The van der Waals surface area contributed by atoms with Gasteiger partial charge in [-0.3, -0.25) is 4.98 Å². The van der Waals surface area contributed by atoms with Crippen LogP contribution in [0.5, 0.6) is 0 Å². The molecule has 3 nitrogen and oxygen atoms in total. The summed E-state index contributed by atoms with van der Waals surface area (Å²) < 4.78 is 0. The highest BCUT2D eigenvalue weighted by molar-refractivity contribution is 5.93. The second-order valence-electron chi connectivity index (χ2n) is 3.30. The Balaban J connectivity index is 2.61. The van der Waals surface area contributed by atoms with E-state index in [4.69, 9.17) is 5.73 Å². The van der Waals surface area contributed by atoms with Crippen LogP contribution in [0.15, 0.2) is 41.5 Å². The van der Waals surface area contributed by atoms with Gasteiger partial charge >= 0.3 is 0 Å². The molecule has 0 aliphatic rings. The summed E-state index contributed by atoms with van der Waals surface area (Å²) in [7, 11) is 0. The van der Waals surface area contributed by atoms with Crippen LogP contribution >= 0.6 is 0 Å². The summed E-state index contributed by atoms with van der Waals surface area (Å²) in [5.74, 6) is 0.645. The maximum Gasteiger partial charge on any atom is 0.0993 e. The number of rotatable bonds is 2. The van der Waals surface area contributed by atoms with E-state index in [9.17, 15) is 0 Å². The van der Waals surface area contributed by atoms with Crippen molar-refractivity contribution in [1.29, 1.82) is 0 Å². The summed E-state index contributed by atoms with van der Waals surface area (Å²) in [6.45, 7) is 1.99. The van der Waals surface area contributed by atoms with Gasteiger partial charge in [-0.25, -0.2) is 4.99 Å². The highest BCUT2D eigenvalue weighted by Gasteiger charge is 1.99. The van der Waals surface area contributed by atoms with E-state index in [-0.39, 0.29) is 0 Å². The number of aromatic nitrogens is 1. The normalized spacial score (nSPS) is 11.9. The van der Waals surface area contributed by atoms with E-state index < -0.39 is 0 Å². The first-order valence-electron chi connectivity index (χ1n) is 4.98. The van der Waals surface area contributed by atoms with Gasteiger partial charge in [0.1, 0.15) is 0 Å². The molecular weight excluding hydrogens is 186 g/mol. The number of benzene rings is 1. The van der Waals surface area contributed by atoms with Crippen molar-refractivity contribution in [3.63, 3.8) is 0 Å². The van der Waals surface area contributed by atoms with E-state index in [2.05, 4.69) is 9.98 Å². The summed E-state index contributed by atoms with van der Waals surface area (Å²) in [6, 6.07) is 9.77. The monoisotopic (exact) mass is 199 g/mol. The van der Waals surface area contributed by atoms with Crippen molar-refractivity contribution in [2.24, 2.45) is 10.7 Å². The Morgan fingerprint density at radius 2 is 2.20 bits per heavy atom. The van der Waals surface area contributed by atoms with Gasteiger partial charge in [0.25, 0.3) is 0 Å². The average molecular weight is 199 g/mol. The van der Waals surface area contributed by atoms with Crippen LogP contribution in [0.3, 0.4) is 0 Å². The maximum absolute atomic E-state index is 5.73. The number of nitrogens with two attached hydrogens (primary N) is 1. The first-order chi connectivity index (χ1) is 7.31. The lowest BCUT2D eigenvalue weighted by Crippen LogP contribution is -2.08. The molecule has 2 aromatic rings. The second kappa shape index (κ2) is 4.09. The lowest BCUT2D eigenvalue weighted by atomic mass is 10.2. The molecule has 2 N–H and O–H groups in total. The van der Waals surface area contributed by atoms with Gasteiger partial charge in [-0.05, 0) is 24.3 Å². The van der Waals surface area contributed by atoms with Gasteiger partial charge in [0, 0.05) is 18.0 Å². The number of amidine groups is 1. The molecular formula is C12H13N3. The minimum absolute atomic E-state index is 0.645. The van der Waals surface area contributed by atoms with Crippen molar-refractivity contribution in [3.8, 4) is 0 Å². The molecule has 0 aliphatic heterocycles. The number of hydrogen-bond acceptors (Lipinski definition) is 2. The van der Waals surface area contributed by atoms with Crippen LogP contribution in [0.2, 0.25) is 0 Å². The van der Waals surface area contributed by atoms with E-state index in [0.717, 1.165) is 23.0 Å². The van der Waals surface area contributed by atoms with Crippen molar-refractivity contribution < 1.29 is 0 Å². The lowest BCUT2D eigenvalue weighted by molar-refractivity contribution is 1.24. The van der Waals surface area contributed by atoms with E-state index in [1.54, 1.807) is 6.20 Å². The number of aliphatic imine (C=N–C) groups is 1. The minimum Gasteiger partial charge on any atom is -0.387 e. The fourth-order valence-electron chi connectivity index (χ4n) is 1.42. The Morgan fingerprint density at radius 1 is 1.33 bits per heavy atom. The number of hydrogen-bond donors (Lipinski definition) is 1.